The first-order valence-corrected chi connectivity index (χ1v) is 18.8. The summed E-state index contributed by atoms with van der Waals surface area (Å²) in [5, 5.41) is 0. The fourth-order valence-corrected chi connectivity index (χ4v) is 8.57. The van der Waals surface area contributed by atoms with Crippen LogP contribution < -0.4 is 24.2 Å². The Morgan fingerprint density at radius 1 is 0.547 bits per heavy atom. The van der Waals surface area contributed by atoms with Gasteiger partial charge in [-0.2, -0.15) is 0 Å². The monoisotopic (exact) mass is 701 g/mol. The molecule has 1 atom stereocenters. The number of nitrogens with zero attached hydrogens (tertiary/aromatic N) is 3. The van der Waals surface area contributed by atoms with Gasteiger partial charge in [0.05, 0.1) is 0 Å². The largest absolute Gasteiger partial charge is 0.473 e. The minimum Gasteiger partial charge on any atom is -0.473 e. The molecule has 0 radical (unpaired) electrons. The first-order chi connectivity index (χ1) is 25.8. The smallest absolute Gasteiger partial charge is 0.161 e. The van der Waals surface area contributed by atoms with E-state index in [2.05, 4.69) is 164 Å². The zero-order chi connectivity index (χ0) is 36.1. The van der Waals surface area contributed by atoms with Gasteiger partial charge in [-0.15, -0.1) is 0 Å². The third-order valence-electron chi connectivity index (χ3n) is 11.7. The van der Waals surface area contributed by atoms with Crippen LogP contribution in [-0.4, -0.2) is 26.7 Å². The van der Waals surface area contributed by atoms with Crippen LogP contribution in [-0.2, 0) is 23.2 Å². The highest BCUT2D eigenvalue weighted by atomic mass is 16.5. The van der Waals surface area contributed by atoms with Gasteiger partial charge in [0.2, 0.25) is 0 Å². The predicted molar refractivity (Wildman–Crippen MR) is 214 cm³/mol. The molecule has 5 aromatic rings. The molecule has 9 rings (SSSR count). The molecular weight excluding hydrogens is 655 g/mol. The fraction of sp³-hybridized carbons (Fsp3) is 0.277. The summed E-state index contributed by atoms with van der Waals surface area (Å²) in [7, 11) is 0. The molecule has 0 saturated heterocycles. The number of benzene rings is 5. The summed E-state index contributed by atoms with van der Waals surface area (Å²) in [5.41, 5.74) is 13.3. The molecule has 268 valence electrons. The van der Waals surface area contributed by atoms with Crippen molar-refractivity contribution in [3.05, 3.63) is 172 Å². The molecule has 6 heteroatoms. The second-order valence-electron chi connectivity index (χ2n) is 15.4. The lowest BCUT2D eigenvalue weighted by Gasteiger charge is -2.43. The average molecular weight is 702 g/mol. The van der Waals surface area contributed by atoms with Gasteiger partial charge in [-0.1, -0.05) is 61.5 Å². The Morgan fingerprint density at radius 3 is 1.51 bits per heavy atom. The Labute approximate surface area is 313 Å². The zero-order valence-electron chi connectivity index (χ0n) is 31.1. The second kappa shape index (κ2) is 13.4. The zero-order valence-corrected chi connectivity index (χ0v) is 31.1. The Kier molecular flexibility index (Phi) is 8.41. The van der Waals surface area contributed by atoms with E-state index in [4.69, 9.17) is 14.2 Å². The van der Waals surface area contributed by atoms with Gasteiger partial charge < -0.3 is 28.9 Å². The number of anilines is 3. The summed E-state index contributed by atoms with van der Waals surface area (Å²) in [6, 6.07) is 39.9. The lowest BCUT2D eigenvalue weighted by atomic mass is 9.63. The number of aryl methyl sites for hydroxylation is 3. The summed E-state index contributed by atoms with van der Waals surface area (Å²) in [6.45, 7) is 12.9. The van der Waals surface area contributed by atoms with Crippen LogP contribution in [0.3, 0.4) is 0 Å². The molecule has 0 N–H and O–H groups in total. The molecule has 5 aromatic carbocycles. The molecule has 0 fully saturated rings. The van der Waals surface area contributed by atoms with E-state index in [1.807, 2.05) is 0 Å². The molecule has 53 heavy (non-hydrogen) atoms. The SMILES string of the molecule is Cc1cccc(N2COC3=C(CC(C(C)(c4ccc5c(c4)CN(c4cccc(C)c4)CO5)c4ccc5c(c4)CN(c4cccc(C)c4)CO5)C=C3)C2)c1. The highest BCUT2D eigenvalue weighted by Gasteiger charge is 2.41. The van der Waals surface area contributed by atoms with Crippen LogP contribution in [0.5, 0.6) is 11.5 Å². The molecule has 6 nitrogen and oxygen atoms in total. The van der Waals surface area contributed by atoms with Crippen LogP contribution in [0, 0.1) is 26.7 Å². The highest BCUT2D eigenvalue weighted by molar-refractivity contribution is 5.57. The van der Waals surface area contributed by atoms with Gasteiger partial charge in [-0.3, -0.25) is 0 Å². The van der Waals surface area contributed by atoms with Gasteiger partial charge in [-0.05, 0) is 133 Å². The molecule has 3 aliphatic heterocycles. The van der Waals surface area contributed by atoms with E-state index in [0.29, 0.717) is 20.2 Å². The van der Waals surface area contributed by atoms with Crippen molar-refractivity contribution in [2.45, 2.75) is 52.6 Å². The molecule has 1 aliphatic carbocycles. The maximum atomic E-state index is 6.41. The highest BCUT2D eigenvalue weighted by Crippen LogP contribution is 2.48. The fourth-order valence-electron chi connectivity index (χ4n) is 8.57. The number of fused-ring (bicyclic) bond motifs is 2. The van der Waals surface area contributed by atoms with E-state index in [9.17, 15) is 0 Å². The quantitative estimate of drug-likeness (QED) is 0.176. The van der Waals surface area contributed by atoms with Crippen LogP contribution in [0.4, 0.5) is 17.1 Å². The topological polar surface area (TPSA) is 37.4 Å². The summed E-state index contributed by atoms with van der Waals surface area (Å²) >= 11 is 0. The summed E-state index contributed by atoms with van der Waals surface area (Å²) in [6.07, 6.45) is 5.53. The normalized spacial score (nSPS) is 18.0. The van der Waals surface area contributed by atoms with Crippen LogP contribution in [0.25, 0.3) is 0 Å². The van der Waals surface area contributed by atoms with E-state index >= 15 is 0 Å². The van der Waals surface area contributed by atoms with Gasteiger partial charge in [0.15, 0.2) is 20.2 Å². The number of hydrogen-bond donors (Lipinski definition) is 0. The Bertz CT molecular complexity index is 2150. The van der Waals surface area contributed by atoms with Crippen LogP contribution in [0.2, 0.25) is 0 Å². The maximum Gasteiger partial charge on any atom is 0.161 e. The Balaban J connectivity index is 1.09. The average Bonchev–Trinajstić information content (AvgIpc) is 3.19. The Hall–Kier alpha value is -5.62. The minimum absolute atomic E-state index is 0.188. The molecule has 1 unspecified atom stereocenters. The number of hydrogen-bond acceptors (Lipinski definition) is 6. The van der Waals surface area contributed by atoms with Gasteiger partial charge >= 0.3 is 0 Å². The van der Waals surface area contributed by atoms with Crippen molar-refractivity contribution in [3.8, 4) is 11.5 Å². The van der Waals surface area contributed by atoms with Crippen molar-refractivity contribution < 1.29 is 14.2 Å². The number of allylic oxidation sites excluding steroid dienone is 2. The lowest BCUT2D eigenvalue weighted by Crippen LogP contribution is -2.39. The van der Waals surface area contributed by atoms with E-state index in [1.165, 1.54) is 61.6 Å². The minimum atomic E-state index is -0.359. The standard InChI is InChI=1S/C47H47N3O3/c1-32-8-5-11-41(20-32)48-26-35-23-38(14-17-44(35)51-29-48)47(4,39-15-18-45-36(24-39)27-49(30-52-45)42-12-6-9-33(2)21-42)40-16-19-46-37(25-40)28-50(31-53-46)43-13-7-10-34(3)22-43/h5-24,40H,25-31H2,1-4H3. The summed E-state index contributed by atoms with van der Waals surface area (Å²) < 4.78 is 19.2. The number of rotatable bonds is 6. The van der Waals surface area contributed by atoms with Crippen LogP contribution >= 0.6 is 0 Å². The first-order valence-electron chi connectivity index (χ1n) is 18.8. The molecule has 3 heterocycles. The molecule has 0 aromatic heterocycles. The van der Waals surface area contributed by atoms with Crippen LogP contribution in [0.15, 0.2) is 133 Å². The lowest BCUT2D eigenvalue weighted by molar-refractivity contribution is 0.198. The molecule has 0 amide bonds. The predicted octanol–water partition coefficient (Wildman–Crippen LogP) is 9.96. The molecule has 0 saturated carbocycles. The summed E-state index contributed by atoms with van der Waals surface area (Å²) in [4.78, 5) is 7.00. The van der Waals surface area contributed by atoms with Gasteiger partial charge in [0.25, 0.3) is 0 Å². The third kappa shape index (κ3) is 6.30. The molecule has 0 bridgehead atoms. The van der Waals surface area contributed by atoms with Crippen molar-refractivity contribution in [2.24, 2.45) is 5.92 Å². The van der Waals surface area contributed by atoms with Crippen molar-refractivity contribution in [1.82, 2.24) is 0 Å². The van der Waals surface area contributed by atoms with E-state index < -0.39 is 0 Å². The van der Waals surface area contributed by atoms with Crippen molar-refractivity contribution in [1.29, 1.82) is 0 Å². The van der Waals surface area contributed by atoms with Crippen molar-refractivity contribution in [2.75, 3.05) is 41.4 Å². The van der Waals surface area contributed by atoms with Crippen molar-refractivity contribution in [3.63, 3.8) is 0 Å². The van der Waals surface area contributed by atoms with E-state index in [1.54, 1.807) is 0 Å². The summed E-state index contributed by atoms with van der Waals surface area (Å²) in [5.74, 6) is 3.14. The van der Waals surface area contributed by atoms with Gasteiger partial charge in [0.1, 0.15) is 17.3 Å². The van der Waals surface area contributed by atoms with E-state index in [0.717, 1.165) is 43.3 Å². The first kappa shape index (κ1) is 33.2. The third-order valence-corrected chi connectivity index (χ3v) is 11.7. The number of ether oxygens (including phenoxy) is 3. The molecule has 0 spiro atoms. The molecule has 4 aliphatic rings. The Morgan fingerprint density at radius 2 is 1.02 bits per heavy atom. The van der Waals surface area contributed by atoms with Crippen LogP contribution in [0.1, 0.15) is 52.3 Å². The maximum absolute atomic E-state index is 6.41. The van der Waals surface area contributed by atoms with Crippen molar-refractivity contribution >= 4 is 17.1 Å². The second-order valence-corrected chi connectivity index (χ2v) is 15.4. The van der Waals surface area contributed by atoms with Gasteiger partial charge in [-0.25, -0.2) is 0 Å². The van der Waals surface area contributed by atoms with Gasteiger partial charge in [0, 0.05) is 53.2 Å². The molecular formula is C47H47N3O3. The van der Waals surface area contributed by atoms with E-state index in [-0.39, 0.29) is 11.3 Å².